The Morgan fingerprint density at radius 3 is 2.92 bits per heavy atom. The molecule has 1 aliphatic heterocycles. The molecular weight excluding hydrogens is 306 g/mol. The summed E-state index contributed by atoms with van der Waals surface area (Å²) in [5, 5.41) is 7.13. The Bertz CT molecular complexity index is 672. The molecule has 0 spiro atoms. The van der Waals surface area contributed by atoms with Crippen molar-refractivity contribution < 1.29 is 9.21 Å². The summed E-state index contributed by atoms with van der Waals surface area (Å²) >= 11 is 0. The first-order valence-corrected chi connectivity index (χ1v) is 8.67. The SMILES string of the molecule is CCCn1ncnc1[C@@H](C)NC(=O)c1ccc(CN2CCCC2)o1. The summed E-state index contributed by atoms with van der Waals surface area (Å²) < 4.78 is 7.53. The number of nitrogens with one attached hydrogen (secondary N) is 1. The van der Waals surface area contributed by atoms with Crippen molar-refractivity contribution in [1.29, 1.82) is 0 Å². The van der Waals surface area contributed by atoms with E-state index < -0.39 is 0 Å². The highest BCUT2D eigenvalue weighted by Gasteiger charge is 2.20. The Labute approximate surface area is 142 Å². The van der Waals surface area contributed by atoms with Crippen LogP contribution in [0.3, 0.4) is 0 Å². The Hall–Kier alpha value is -2.15. The minimum Gasteiger partial charge on any atom is -0.455 e. The second kappa shape index (κ2) is 7.61. The average Bonchev–Trinajstić information content (AvgIpc) is 3.29. The van der Waals surface area contributed by atoms with Gasteiger partial charge in [0.15, 0.2) is 5.76 Å². The minimum absolute atomic E-state index is 0.221. The van der Waals surface area contributed by atoms with E-state index in [2.05, 4.69) is 27.2 Å². The molecule has 1 atom stereocenters. The lowest BCUT2D eigenvalue weighted by atomic mass is 10.3. The van der Waals surface area contributed by atoms with Crippen LogP contribution in [0.2, 0.25) is 0 Å². The first kappa shape index (κ1) is 16.7. The predicted molar refractivity (Wildman–Crippen MR) is 89.4 cm³/mol. The summed E-state index contributed by atoms with van der Waals surface area (Å²) in [5.74, 6) is 1.72. The zero-order valence-corrected chi connectivity index (χ0v) is 14.4. The van der Waals surface area contributed by atoms with Gasteiger partial charge in [-0.15, -0.1) is 0 Å². The van der Waals surface area contributed by atoms with Crippen molar-refractivity contribution in [3.05, 3.63) is 35.8 Å². The Balaban J connectivity index is 1.59. The van der Waals surface area contributed by atoms with E-state index in [-0.39, 0.29) is 11.9 Å². The van der Waals surface area contributed by atoms with Crippen LogP contribution in [-0.4, -0.2) is 38.7 Å². The minimum atomic E-state index is -0.223. The van der Waals surface area contributed by atoms with Gasteiger partial charge in [-0.1, -0.05) is 6.92 Å². The highest BCUT2D eigenvalue weighted by atomic mass is 16.4. The van der Waals surface area contributed by atoms with Crippen LogP contribution in [0, 0.1) is 0 Å². The van der Waals surface area contributed by atoms with Crippen LogP contribution in [-0.2, 0) is 13.1 Å². The van der Waals surface area contributed by atoms with Gasteiger partial charge in [-0.05, 0) is 51.4 Å². The Morgan fingerprint density at radius 1 is 1.38 bits per heavy atom. The lowest BCUT2D eigenvalue weighted by Gasteiger charge is -2.14. The van der Waals surface area contributed by atoms with Crippen molar-refractivity contribution in [3.8, 4) is 0 Å². The molecule has 2 aromatic heterocycles. The van der Waals surface area contributed by atoms with Crippen LogP contribution in [0.15, 0.2) is 22.9 Å². The van der Waals surface area contributed by atoms with E-state index in [1.165, 1.54) is 19.2 Å². The third kappa shape index (κ3) is 3.84. The molecule has 0 aromatic carbocycles. The second-order valence-corrected chi connectivity index (χ2v) is 6.29. The molecule has 7 nitrogen and oxygen atoms in total. The van der Waals surface area contributed by atoms with E-state index in [9.17, 15) is 4.79 Å². The highest BCUT2D eigenvalue weighted by molar-refractivity contribution is 5.91. The number of hydrogen-bond acceptors (Lipinski definition) is 5. The molecule has 0 radical (unpaired) electrons. The molecule has 0 saturated carbocycles. The largest absolute Gasteiger partial charge is 0.455 e. The molecule has 3 rings (SSSR count). The fourth-order valence-corrected chi connectivity index (χ4v) is 3.07. The normalized spacial score (nSPS) is 16.4. The van der Waals surface area contributed by atoms with Crippen LogP contribution in [0.5, 0.6) is 0 Å². The maximum atomic E-state index is 12.4. The van der Waals surface area contributed by atoms with Gasteiger partial charge in [0.25, 0.3) is 5.91 Å². The number of likely N-dealkylation sites (tertiary alicyclic amines) is 1. The van der Waals surface area contributed by atoms with Crippen molar-refractivity contribution in [1.82, 2.24) is 25.0 Å². The highest BCUT2D eigenvalue weighted by Crippen LogP contribution is 2.16. The zero-order chi connectivity index (χ0) is 16.9. The van der Waals surface area contributed by atoms with Crippen LogP contribution < -0.4 is 5.32 Å². The van der Waals surface area contributed by atoms with Gasteiger partial charge in [0, 0.05) is 6.54 Å². The number of carbonyl (C=O) groups is 1. The summed E-state index contributed by atoms with van der Waals surface area (Å²) in [6.45, 7) is 7.75. The number of nitrogens with zero attached hydrogens (tertiary/aromatic N) is 4. The number of hydrogen-bond donors (Lipinski definition) is 1. The van der Waals surface area contributed by atoms with E-state index >= 15 is 0 Å². The van der Waals surface area contributed by atoms with Gasteiger partial charge in [0.1, 0.15) is 17.9 Å². The first-order valence-electron chi connectivity index (χ1n) is 8.67. The standard InChI is InChI=1S/C17H25N5O2/c1-3-8-22-16(18-12-19-22)13(2)20-17(23)15-7-6-14(24-15)11-21-9-4-5-10-21/h6-7,12-13H,3-5,8-11H2,1-2H3,(H,20,23)/t13-/m1/s1. The van der Waals surface area contributed by atoms with E-state index in [0.29, 0.717) is 5.76 Å². The number of aromatic nitrogens is 3. The quantitative estimate of drug-likeness (QED) is 0.843. The molecule has 24 heavy (non-hydrogen) atoms. The van der Waals surface area contributed by atoms with Gasteiger partial charge in [0.2, 0.25) is 0 Å². The van der Waals surface area contributed by atoms with Crippen LogP contribution in [0.25, 0.3) is 0 Å². The van der Waals surface area contributed by atoms with E-state index in [4.69, 9.17) is 4.42 Å². The molecule has 3 heterocycles. The van der Waals surface area contributed by atoms with E-state index in [1.807, 2.05) is 17.7 Å². The third-order valence-corrected chi connectivity index (χ3v) is 4.28. The summed E-state index contributed by atoms with van der Waals surface area (Å²) in [4.78, 5) is 19.0. The lowest BCUT2D eigenvalue weighted by Crippen LogP contribution is -2.28. The van der Waals surface area contributed by atoms with Crippen molar-refractivity contribution >= 4 is 5.91 Å². The van der Waals surface area contributed by atoms with E-state index in [0.717, 1.165) is 44.2 Å². The van der Waals surface area contributed by atoms with Gasteiger partial charge < -0.3 is 9.73 Å². The fourth-order valence-electron chi connectivity index (χ4n) is 3.07. The monoisotopic (exact) mass is 331 g/mol. The lowest BCUT2D eigenvalue weighted by molar-refractivity contribution is 0.0906. The van der Waals surface area contributed by atoms with Crippen LogP contribution in [0.1, 0.15) is 61.3 Å². The van der Waals surface area contributed by atoms with Crippen molar-refractivity contribution in [2.45, 2.75) is 52.2 Å². The summed E-state index contributed by atoms with van der Waals surface area (Å²) in [7, 11) is 0. The fraction of sp³-hybridized carbons (Fsp3) is 0.588. The summed E-state index contributed by atoms with van der Waals surface area (Å²) in [5.41, 5.74) is 0. The number of aryl methyl sites for hydroxylation is 1. The van der Waals surface area contributed by atoms with Crippen LogP contribution in [0.4, 0.5) is 0 Å². The zero-order valence-electron chi connectivity index (χ0n) is 14.4. The first-order chi connectivity index (χ1) is 11.7. The smallest absolute Gasteiger partial charge is 0.287 e. The van der Waals surface area contributed by atoms with Crippen molar-refractivity contribution in [2.75, 3.05) is 13.1 Å². The average molecular weight is 331 g/mol. The Kier molecular flexibility index (Phi) is 5.30. The molecule has 0 bridgehead atoms. The second-order valence-electron chi connectivity index (χ2n) is 6.29. The maximum absolute atomic E-state index is 12.4. The number of rotatable bonds is 7. The molecule has 1 saturated heterocycles. The molecule has 0 aliphatic carbocycles. The molecule has 7 heteroatoms. The topological polar surface area (TPSA) is 76.2 Å². The van der Waals surface area contributed by atoms with Gasteiger partial charge in [-0.25, -0.2) is 9.67 Å². The summed E-state index contributed by atoms with van der Waals surface area (Å²) in [6.07, 6.45) is 4.97. The molecule has 1 amide bonds. The Morgan fingerprint density at radius 2 is 2.17 bits per heavy atom. The van der Waals surface area contributed by atoms with Crippen LogP contribution >= 0.6 is 0 Å². The molecular formula is C17H25N5O2. The molecule has 1 aliphatic rings. The number of carbonyl (C=O) groups excluding carboxylic acids is 1. The van der Waals surface area contributed by atoms with Crippen molar-refractivity contribution in [3.63, 3.8) is 0 Å². The predicted octanol–water partition coefficient (Wildman–Crippen LogP) is 2.37. The molecule has 130 valence electrons. The molecule has 1 fully saturated rings. The van der Waals surface area contributed by atoms with Gasteiger partial charge in [0.05, 0.1) is 12.6 Å². The van der Waals surface area contributed by atoms with Gasteiger partial charge in [-0.3, -0.25) is 9.69 Å². The molecule has 1 N–H and O–H groups in total. The maximum Gasteiger partial charge on any atom is 0.287 e. The van der Waals surface area contributed by atoms with Crippen molar-refractivity contribution in [2.24, 2.45) is 0 Å². The van der Waals surface area contributed by atoms with Gasteiger partial charge >= 0.3 is 0 Å². The third-order valence-electron chi connectivity index (χ3n) is 4.28. The molecule has 0 unspecified atom stereocenters. The molecule has 2 aromatic rings. The summed E-state index contributed by atoms with van der Waals surface area (Å²) in [6, 6.07) is 3.40. The van der Waals surface area contributed by atoms with Gasteiger partial charge in [-0.2, -0.15) is 5.10 Å². The number of furan rings is 1. The van der Waals surface area contributed by atoms with E-state index in [1.54, 1.807) is 6.07 Å². The number of amides is 1.